The summed E-state index contributed by atoms with van der Waals surface area (Å²) in [6, 6.07) is 11.7. The van der Waals surface area contributed by atoms with Crippen LogP contribution in [0.2, 0.25) is 5.02 Å². The van der Waals surface area contributed by atoms with E-state index in [1.807, 2.05) is 0 Å². The third-order valence-corrected chi connectivity index (χ3v) is 6.71. The molecule has 0 spiro atoms. The van der Waals surface area contributed by atoms with Gasteiger partial charge in [0.25, 0.3) is 5.91 Å². The smallest absolute Gasteiger partial charge is 0.251 e. The Hall–Kier alpha value is -3.40. The standard InChI is InChI=1S/C27H28ClFN2O6/c1-35-21-9-10-24(30-25(21)16-5-7-19(29)18(28)14-16)27(34)11-3-4-23(27)31-26(33)17-6-8-20(37-13-12-32)22(15-17)36-2/h5-10,14-15,23,32,34H,3-4,11-13H2,1-2H3,(H,31,33). The highest BCUT2D eigenvalue weighted by Crippen LogP contribution is 2.41. The van der Waals surface area contributed by atoms with E-state index in [0.29, 0.717) is 59.0 Å². The first-order chi connectivity index (χ1) is 17.8. The van der Waals surface area contributed by atoms with Gasteiger partial charge >= 0.3 is 0 Å². The number of pyridine rings is 1. The summed E-state index contributed by atoms with van der Waals surface area (Å²) in [5.41, 5.74) is 0.177. The molecular formula is C27H28ClFN2O6. The van der Waals surface area contributed by atoms with Crippen LogP contribution in [0.4, 0.5) is 4.39 Å². The molecular weight excluding hydrogens is 503 g/mol. The van der Waals surface area contributed by atoms with Gasteiger partial charge in [-0.2, -0.15) is 0 Å². The van der Waals surface area contributed by atoms with Crippen molar-refractivity contribution in [2.75, 3.05) is 27.4 Å². The molecule has 37 heavy (non-hydrogen) atoms. The molecule has 0 saturated heterocycles. The average molecular weight is 531 g/mol. The summed E-state index contributed by atoms with van der Waals surface area (Å²) in [7, 11) is 2.95. The van der Waals surface area contributed by atoms with Gasteiger partial charge in [-0.15, -0.1) is 0 Å². The first-order valence-electron chi connectivity index (χ1n) is 11.8. The van der Waals surface area contributed by atoms with Crippen molar-refractivity contribution in [1.82, 2.24) is 10.3 Å². The van der Waals surface area contributed by atoms with Crippen molar-refractivity contribution in [1.29, 1.82) is 0 Å². The van der Waals surface area contributed by atoms with E-state index in [2.05, 4.69) is 10.3 Å². The molecule has 1 aliphatic rings. The van der Waals surface area contributed by atoms with Crippen LogP contribution in [0.3, 0.4) is 0 Å². The molecule has 8 nitrogen and oxygen atoms in total. The van der Waals surface area contributed by atoms with Crippen molar-refractivity contribution in [3.8, 4) is 28.5 Å². The molecule has 2 aromatic carbocycles. The zero-order valence-electron chi connectivity index (χ0n) is 20.5. The summed E-state index contributed by atoms with van der Waals surface area (Å²) in [5.74, 6) is 0.242. The van der Waals surface area contributed by atoms with E-state index in [0.717, 1.165) is 0 Å². The van der Waals surface area contributed by atoms with Crippen LogP contribution in [0.5, 0.6) is 17.2 Å². The molecule has 1 heterocycles. The number of aliphatic hydroxyl groups excluding tert-OH is 1. The van der Waals surface area contributed by atoms with Gasteiger partial charge in [-0.1, -0.05) is 11.6 Å². The third-order valence-electron chi connectivity index (χ3n) is 6.42. The average Bonchev–Trinajstić information content (AvgIpc) is 3.29. The Labute approximate surface area is 219 Å². The topological polar surface area (TPSA) is 110 Å². The molecule has 2 unspecified atom stereocenters. The summed E-state index contributed by atoms with van der Waals surface area (Å²) in [5, 5.41) is 23.6. The maximum Gasteiger partial charge on any atom is 0.251 e. The predicted octanol–water partition coefficient (Wildman–Crippen LogP) is 4.10. The molecule has 2 atom stereocenters. The van der Waals surface area contributed by atoms with Crippen LogP contribution >= 0.6 is 11.6 Å². The third kappa shape index (κ3) is 5.49. The molecule has 0 radical (unpaired) electrons. The lowest BCUT2D eigenvalue weighted by atomic mass is 9.92. The van der Waals surface area contributed by atoms with E-state index in [-0.39, 0.29) is 18.2 Å². The summed E-state index contributed by atoms with van der Waals surface area (Å²) >= 11 is 5.98. The monoisotopic (exact) mass is 530 g/mol. The van der Waals surface area contributed by atoms with Gasteiger partial charge in [-0.05, 0) is 67.8 Å². The van der Waals surface area contributed by atoms with E-state index in [1.165, 1.54) is 38.5 Å². The van der Waals surface area contributed by atoms with Gasteiger partial charge < -0.3 is 29.7 Å². The lowest BCUT2D eigenvalue weighted by molar-refractivity contribution is 0.0120. The number of hydrogen-bond acceptors (Lipinski definition) is 7. The number of rotatable bonds is 9. The summed E-state index contributed by atoms with van der Waals surface area (Å²) in [6.45, 7) is -0.0566. The minimum Gasteiger partial charge on any atom is -0.494 e. The number of nitrogens with zero attached hydrogens (tertiary/aromatic N) is 1. The first kappa shape index (κ1) is 26.7. The second kappa shape index (κ2) is 11.3. The van der Waals surface area contributed by atoms with Crippen molar-refractivity contribution in [3.63, 3.8) is 0 Å². The summed E-state index contributed by atoms with van der Waals surface area (Å²) in [6.07, 6.45) is 1.60. The minimum absolute atomic E-state index is 0.0559. The normalized spacial score (nSPS) is 18.9. The molecule has 4 rings (SSSR count). The Kier molecular flexibility index (Phi) is 8.16. The van der Waals surface area contributed by atoms with Crippen molar-refractivity contribution in [3.05, 3.63) is 70.6 Å². The van der Waals surface area contributed by atoms with Crippen molar-refractivity contribution in [2.45, 2.75) is 30.9 Å². The fraction of sp³-hybridized carbons (Fsp3) is 0.333. The Balaban J connectivity index is 1.61. The fourth-order valence-corrected chi connectivity index (χ4v) is 4.70. The zero-order chi connectivity index (χ0) is 26.6. The maximum absolute atomic E-state index is 13.7. The van der Waals surface area contributed by atoms with Crippen molar-refractivity contribution >= 4 is 17.5 Å². The molecule has 10 heteroatoms. The highest BCUT2D eigenvalue weighted by atomic mass is 35.5. The Morgan fingerprint density at radius 2 is 1.89 bits per heavy atom. The molecule has 0 bridgehead atoms. The van der Waals surface area contributed by atoms with Crippen LogP contribution in [0, 0.1) is 5.82 Å². The van der Waals surface area contributed by atoms with Gasteiger partial charge in [0.1, 0.15) is 29.5 Å². The van der Waals surface area contributed by atoms with E-state index >= 15 is 0 Å². The van der Waals surface area contributed by atoms with Crippen molar-refractivity contribution < 1.29 is 33.6 Å². The number of carbonyl (C=O) groups excluding carboxylic acids is 1. The molecule has 1 amide bonds. The Bertz CT molecular complexity index is 1290. The molecule has 1 aromatic heterocycles. The minimum atomic E-state index is -1.44. The van der Waals surface area contributed by atoms with E-state index in [1.54, 1.807) is 24.3 Å². The van der Waals surface area contributed by atoms with Crippen LogP contribution in [0.15, 0.2) is 48.5 Å². The molecule has 3 N–H and O–H groups in total. The van der Waals surface area contributed by atoms with Crippen LogP contribution < -0.4 is 19.5 Å². The SMILES string of the molecule is COc1cc(C(=O)NC2CCCC2(O)c2ccc(OC)c(-c3ccc(F)c(Cl)c3)n2)ccc1OCCO. The molecule has 1 saturated carbocycles. The quantitative estimate of drug-likeness (QED) is 0.382. The van der Waals surface area contributed by atoms with Gasteiger partial charge in [-0.25, -0.2) is 9.37 Å². The number of ether oxygens (including phenoxy) is 3. The number of aromatic nitrogens is 1. The van der Waals surface area contributed by atoms with Crippen LogP contribution in [-0.4, -0.2) is 54.6 Å². The van der Waals surface area contributed by atoms with E-state index in [9.17, 15) is 14.3 Å². The number of nitrogens with one attached hydrogen (secondary N) is 1. The molecule has 1 aliphatic carbocycles. The Morgan fingerprint density at radius 1 is 1.14 bits per heavy atom. The number of amides is 1. The van der Waals surface area contributed by atoms with Gasteiger partial charge in [0.05, 0.1) is 37.6 Å². The second-order valence-corrected chi connectivity index (χ2v) is 9.06. The van der Waals surface area contributed by atoms with Gasteiger partial charge in [0.2, 0.25) is 0 Å². The van der Waals surface area contributed by atoms with E-state index < -0.39 is 23.4 Å². The predicted molar refractivity (Wildman–Crippen MR) is 136 cm³/mol. The van der Waals surface area contributed by atoms with E-state index in [4.69, 9.17) is 30.9 Å². The molecule has 1 fully saturated rings. The fourth-order valence-electron chi connectivity index (χ4n) is 4.51. The largest absolute Gasteiger partial charge is 0.494 e. The van der Waals surface area contributed by atoms with Crippen molar-refractivity contribution in [2.24, 2.45) is 0 Å². The highest BCUT2D eigenvalue weighted by molar-refractivity contribution is 6.31. The molecule has 3 aromatic rings. The summed E-state index contributed by atoms with van der Waals surface area (Å²) < 4.78 is 29.9. The van der Waals surface area contributed by atoms with Crippen LogP contribution in [-0.2, 0) is 5.60 Å². The maximum atomic E-state index is 13.7. The lowest BCUT2D eigenvalue weighted by Gasteiger charge is -2.31. The van der Waals surface area contributed by atoms with Gasteiger partial charge in [0, 0.05) is 11.1 Å². The highest BCUT2D eigenvalue weighted by Gasteiger charge is 2.45. The number of methoxy groups -OCH3 is 2. The summed E-state index contributed by atoms with van der Waals surface area (Å²) in [4.78, 5) is 17.8. The first-order valence-corrected chi connectivity index (χ1v) is 12.1. The second-order valence-electron chi connectivity index (χ2n) is 8.66. The van der Waals surface area contributed by atoms with Crippen LogP contribution in [0.25, 0.3) is 11.3 Å². The zero-order valence-corrected chi connectivity index (χ0v) is 21.2. The van der Waals surface area contributed by atoms with Gasteiger partial charge in [0.15, 0.2) is 11.5 Å². The number of aliphatic hydroxyl groups is 2. The molecule has 0 aliphatic heterocycles. The number of benzene rings is 2. The molecule has 196 valence electrons. The number of halogens is 2. The number of hydrogen-bond donors (Lipinski definition) is 3. The Morgan fingerprint density at radius 3 is 2.59 bits per heavy atom. The lowest BCUT2D eigenvalue weighted by Crippen LogP contribution is -2.47. The number of carbonyl (C=O) groups is 1. The van der Waals surface area contributed by atoms with Gasteiger partial charge in [-0.3, -0.25) is 4.79 Å². The van der Waals surface area contributed by atoms with Crippen LogP contribution in [0.1, 0.15) is 35.3 Å².